The molecule has 0 nitrogen and oxygen atoms in total. The Bertz CT molecular complexity index is 343. The molecule has 0 spiro atoms. The molecular weight excluding hydrogens is 458 g/mol. The largest absolute Gasteiger partial charge is 0.392 e. The molecule has 0 aromatic rings. The van der Waals surface area contributed by atoms with Crippen LogP contribution in [-0.4, -0.2) is 27.1 Å². The molecule has 0 saturated carbocycles. The smallest absolute Gasteiger partial charge is 0.200 e. The summed E-state index contributed by atoms with van der Waals surface area (Å²) in [6.07, 6.45) is 1.33. The predicted molar refractivity (Wildman–Crippen MR) is 76.8 cm³/mol. The van der Waals surface area contributed by atoms with Gasteiger partial charge in [0.15, 0.2) is 0 Å². The van der Waals surface area contributed by atoms with Crippen molar-refractivity contribution in [1.29, 1.82) is 0 Å². The molecule has 0 aromatic heterocycles. The summed E-state index contributed by atoms with van der Waals surface area (Å²) in [5.41, 5.74) is 0. The highest BCUT2D eigenvalue weighted by molar-refractivity contribution is 14.1. The Kier molecular flexibility index (Phi) is 8.19. The van der Waals surface area contributed by atoms with Gasteiger partial charge in [-0.3, -0.25) is 0 Å². The van der Waals surface area contributed by atoms with Gasteiger partial charge in [-0.25, -0.2) is 0 Å². The Hall–Kier alpha value is 0.460. The average Bonchev–Trinajstić information content (AvgIpc) is 2.32. The molecule has 0 amide bonds. The SMILES string of the molecule is CCCCCC[C@H](I)CC(F)(F)C(F)(F)C(F)(F)C(F)(F)Cl. The maximum absolute atomic E-state index is 13.4. The highest BCUT2D eigenvalue weighted by Gasteiger charge is 2.80. The van der Waals surface area contributed by atoms with Crippen molar-refractivity contribution in [2.75, 3.05) is 0 Å². The van der Waals surface area contributed by atoms with Crippen molar-refractivity contribution in [2.45, 2.75) is 72.5 Å². The van der Waals surface area contributed by atoms with E-state index in [4.69, 9.17) is 0 Å². The maximum Gasteiger partial charge on any atom is 0.392 e. The van der Waals surface area contributed by atoms with Crippen LogP contribution in [0.2, 0.25) is 0 Å². The van der Waals surface area contributed by atoms with Crippen molar-refractivity contribution < 1.29 is 35.1 Å². The average molecular weight is 475 g/mol. The summed E-state index contributed by atoms with van der Waals surface area (Å²) in [7, 11) is 0. The standard InChI is InChI=1S/C12H16ClF8I/c1-2-3-4-5-6-8(22)7-9(14,15)10(16,17)11(18,19)12(13,20)21/h8H,2-7H2,1H3/t8-/m0/s1. The molecule has 0 aromatic carbocycles. The van der Waals surface area contributed by atoms with Crippen molar-refractivity contribution >= 4 is 34.2 Å². The molecule has 0 aliphatic rings. The molecule has 0 saturated heterocycles. The van der Waals surface area contributed by atoms with Gasteiger partial charge >= 0.3 is 23.1 Å². The van der Waals surface area contributed by atoms with Gasteiger partial charge in [0, 0.05) is 10.3 Å². The number of halogens is 10. The Labute approximate surface area is 142 Å². The fraction of sp³-hybridized carbons (Fsp3) is 1.00. The maximum atomic E-state index is 13.4. The molecule has 0 bridgehead atoms. The molecule has 0 unspecified atom stereocenters. The zero-order chi connectivity index (χ0) is 17.8. The summed E-state index contributed by atoms with van der Waals surface area (Å²) < 4.78 is 103. The van der Waals surface area contributed by atoms with Crippen molar-refractivity contribution in [3.63, 3.8) is 0 Å². The Morgan fingerprint density at radius 3 is 1.77 bits per heavy atom. The van der Waals surface area contributed by atoms with Gasteiger partial charge in [-0.15, -0.1) is 0 Å². The summed E-state index contributed by atoms with van der Waals surface area (Å²) in [6, 6.07) is 0. The molecule has 0 N–H and O–H groups in total. The zero-order valence-corrected chi connectivity index (χ0v) is 14.5. The number of rotatable bonds is 10. The van der Waals surface area contributed by atoms with Crippen LogP contribution in [0.3, 0.4) is 0 Å². The van der Waals surface area contributed by atoms with E-state index in [0.29, 0.717) is 12.8 Å². The van der Waals surface area contributed by atoms with Crippen LogP contribution >= 0.6 is 34.2 Å². The number of alkyl halides is 10. The molecule has 22 heavy (non-hydrogen) atoms. The summed E-state index contributed by atoms with van der Waals surface area (Å²) >= 11 is 5.30. The van der Waals surface area contributed by atoms with E-state index in [1.807, 2.05) is 6.92 Å². The summed E-state index contributed by atoms with van der Waals surface area (Å²) in [5.74, 6) is -17.9. The van der Waals surface area contributed by atoms with Crippen LogP contribution in [-0.2, 0) is 0 Å². The highest BCUT2D eigenvalue weighted by atomic mass is 127. The molecular formula is C12H16ClF8I. The van der Waals surface area contributed by atoms with E-state index in [1.54, 1.807) is 0 Å². The van der Waals surface area contributed by atoms with Crippen molar-refractivity contribution in [2.24, 2.45) is 0 Å². The van der Waals surface area contributed by atoms with E-state index in [-0.39, 0.29) is 6.42 Å². The van der Waals surface area contributed by atoms with E-state index >= 15 is 0 Å². The van der Waals surface area contributed by atoms with E-state index in [2.05, 4.69) is 11.6 Å². The minimum Gasteiger partial charge on any atom is -0.200 e. The van der Waals surface area contributed by atoms with Crippen LogP contribution in [0, 0.1) is 0 Å². The van der Waals surface area contributed by atoms with Gasteiger partial charge in [-0.2, -0.15) is 35.1 Å². The molecule has 0 aliphatic heterocycles. The lowest BCUT2D eigenvalue weighted by Gasteiger charge is -2.35. The second kappa shape index (κ2) is 8.02. The van der Waals surface area contributed by atoms with Crippen LogP contribution in [0.1, 0.15) is 45.4 Å². The summed E-state index contributed by atoms with van der Waals surface area (Å²) in [5, 5.41) is -5.78. The second-order valence-electron chi connectivity index (χ2n) is 5.00. The lowest BCUT2D eigenvalue weighted by molar-refractivity contribution is -0.348. The van der Waals surface area contributed by atoms with E-state index in [9.17, 15) is 35.1 Å². The Morgan fingerprint density at radius 1 is 0.864 bits per heavy atom. The molecule has 0 rings (SSSR count). The summed E-state index contributed by atoms with van der Waals surface area (Å²) in [6.45, 7) is 1.91. The van der Waals surface area contributed by atoms with Crippen molar-refractivity contribution in [3.05, 3.63) is 0 Å². The Morgan fingerprint density at radius 2 is 1.36 bits per heavy atom. The molecule has 10 heteroatoms. The van der Waals surface area contributed by atoms with Crippen LogP contribution in [0.5, 0.6) is 0 Å². The molecule has 0 aliphatic carbocycles. The van der Waals surface area contributed by atoms with E-state index in [0.717, 1.165) is 12.8 Å². The number of hydrogen-bond acceptors (Lipinski definition) is 0. The first-order chi connectivity index (χ1) is 9.70. The van der Waals surface area contributed by atoms with Gasteiger partial charge in [0.25, 0.3) is 0 Å². The first-order valence-electron chi connectivity index (χ1n) is 6.55. The van der Waals surface area contributed by atoms with Crippen LogP contribution in [0.25, 0.3) is 0 Å². The second-order valence-corrected chi connectivity index (χ2v) is 7.24. The van der Waals surface area contributed by atoms with Gasteiger partial charge in [-0.1, -0.05) is 55.2 Å². The number of hydrogen-bond donors (Lipinski definition) is 0. The van der Waals surface area contributed by atoms with Gasteiger partial charge < -0.3 is 0 Å². The lowest BCUT2D eigenvalue weighted by Crippen LogP contribution is -2.60. The van der Waals surface area contributed by atoms with Crippen LogP contribution in [0.4, 0.5) is 35.1 Å². The third-order valence-electron chi connectivity index (χ3n) is 3.06. The van der Waals surface area contributed by atoms with Crippen LogP contribution in [0.15, 0.2) is 0 Å². The zero-order valence-electron chi connectivity index (χ0n) is 11.6. The molecule has 134 valence electrons. The van der Waals surface area contributed by atoms with Crippen molar-refractivity contribution in [1.82, 2.24) is 0 Å². The third-order valence-corrected chi connectivity index (χ3v) is 4.36. The normalized spacial score (nSPS) is 16.0. The Balaban J connectivity index is 4.90. The highest BCUT2D eigenvalue weighted by Crippen LogP contribution is 2.55. The first kappa shape index (κ1) is 22.5. The van der Waals surface area contributed by atoms with Crippen LogP contribution < -0.4 is 0 Å². The fourth-order valence-corrected chi connectivity index (χ4v) is 2.82. The predicted octanol–water partition coefficient (Wildman–Crippen LogP) is 6.89. The minimum absolute atomic E-state index is 0.106. The topological polar surface area (TPSA) is 0 Å². The first-order valence-corrected chi connectivity index (χ1v) is 8.17. The van der Waals surface area contributed by atoms with Gasteiger partial charge in [-0.05, 0) is 18.0 Å². The molecule has 1 atom stereocenters. The minimum atomic E-state index is -6.36. The van der Waals surface area contributed by atoms with Gasteiger partial charge in [0.05, 0.1) is 0 Å². The van der Waals surface area contributed by atoms with E-state index < -0.39 is 33.5 Å². The molecule has 0 fully saturated rings. The monoisotopic (exact) mass is 474 g/mol. The van der Waals surface area contributed by atoms with E-state index in [1.165, 1.54) is 22.6 Å². The lowest BCUT2D eigenvalue weighted by atomic mass is 9.98. The molecule has 0 radical (unpaired) electrons. The number of unbranched alkanes of at least 4 members (excludes halogenated alkanes) is 3. The third kappa shape index (κ3) is 5.24. The van der Waals surface area contributed by atoms with Gasteiger partial charge in [0.1, 0.15) is 0 Å². The summed E-state index contributed by atoms with van der Waals surface area (Å²) in [4.78, 5) is 0. The van der Waals surface area contributed by atoms with Crippen molar-refractivity contribution in [3.8, 4) is 0 Å². The fourth-order valence-electron chi connectivity index (χ4n) is 1.71. The quantitative estimate of drug-likeness (QED) is 0.140. The molecule has 0 heterocycles. The van der Waals surface area contributed by atoms with Gasteiger partial charge in [0.2, 0.25) is 0 Å².